The van der Waals surface area contributed by atoms with Crippen molar-refractivity contribution in [3.05, 3.63) is 0 Å². The van der Waals surface area contributed by atoms with Gasteiger partial charge in [0.15, 0.2) is 0 Å². The number of rotatable bonds is 3. The second kappa shape index (κ2) is 5.95. The summed E-state index contributed by atoms with van der Waals surface area (Å²) in [7, 11) is 1.34. The van der Waals surface area contributed by atoms with Crippen LogP contribution in [0.25, 0.3) is 0 Å². The highest BCUT2D eigenvalue weighted by Gasteiger charge is 2.21. The van der Waals surface area contributed by atoms with Gasteiger partial charge in [-0.05, 0) is 6.42 Å². The quantitative estimate of drug-likeness (QED) is 0.628. The van der Waals surface area contributed by atoms with E-state index < -0.39 is 6.04 Å². The van der Waals surface area contributed by atoms with E-state index in [2.05, 4.69) is 4.74 Å². The summed E-state index contributed by atoms with van der Waals surface area (Å²) in [6.07, 6.45) is 0.548. The average molecular weight is 203 g/mol. The van der Waals surface area contributed by atoms with E-state index in [9.17, 15) is 4.79 Å². The predicted molar refractivity (Wildman–Crippen MR) is 49.7 cm³/mol. The molecule has 5 nitrogen and oxygen atoms in total. The van der Waals surface area contributed by atoms with E-state index in [1.165, 1.54) is 7.11 Å². The molecule has 0 aromatic carbocycles. The number of hydrogen-bond donors (Lipinski definition) is 1. The standard InChI is InChI=1S/C9H17NO4/c1-12-9(11)8(10)4-7-5-13-2-3-14-6-7/h7-8H,2-6,10H2,1H3. The Morgan fingerprint density at radius 3 is 2.57 bits per heavy atom. The summed E-state index contributed by atoms with van der Waals surface area (Å²) < 4.78 is 15.1. The molecule has 0 radical (unpaired) electrons. The highest BCUT2D eigenvalue weighted by atomic mass is 16.5. The minimum Gasteiger partial charge on any atom is -0.468 e. The minimum absolute atomic E-state index is 0.187. The first-order chi connectivity index (χ1) is 6.74. The maximum atomic E-state index is 11.0. The van der Waals surface area contributed by atoms with Crippen LogP contribution in [0.3, 0.4) is 0 Å². The summed E-state index contributed by atoms with van der Waals surface area (Å²) in [6.45, 7) is 2.43. The van der Waals surface area contributed by atoms with Crippen molar-refractivity contribution in [2.75, 3.05) is 33.5 Å². The molecule has 0 aromatic heterocycles. The summed E-state index contributed by atoms with van der Waals surface area (Å²) >= 11 is 0. The lowest BCUT2D eigenvalue weighted by molar-refractivity contribution is -0.142. The largest absolute Gasteiger partial charge is 0.468 e. The molecule has 1 fully saturated rings. The molecule has 1 unspecified atom stereocenters. The van der Waals surface area contributed by atoms with Crippen LogP contribution < -0.4 is 5.73 Å². The van der Waals surface area contributed by atoms with Gasteiger partial charge in [0, 0.05) is 5.92 Å². The third-order valence-corrected chi connectivity index (χ3v) is 2.17. The van der Waals surface area contributed by atoms with E-state index in [0.717, 1.165) is 0 Å². The van der Waals surface area contributed by atoms with E-state index in [1.807, 2.05) is 0 Å². The van der Waals surface area contributed by atoms with Crippen molar-refractivity contribution in [1.82, 2.24) is 0 Å². The Morgan fingerprint density at radius 1 is 1.50 bits per heavy atom. The zero-order valence-corrected chi connectivity index (χ0v) is 8.40. The Kier molecular flexibility index (Phi) is 4.86. The third kappa shape index (κ3) is 3.61. The van der Waals surface area contributed by atoms with Crippen molar-refractivity contribution in [3.63, 3.8) is 0 Å². The van der Waals surface area contributed by atoms with E-state index in [0.29, 0.717) is 32.8 Å². The lowest BCUT2D eigenvalue weighted by atomic mass is 10.0. The van der Waals surface area contributed by atoms with Gasteiger partial charge < -0.3 is 19.9 Å². The molecule has 2 N–H and O–H groups in total. The van der Waals surface area contributed by atoms with Crippen LogP contribution in [0.2, 0.25) is 0 Å². The first kappa shape index (κ1) is 11.4. The summed E-state index contributed by atoms with van der Waals surface area (Å²) in [5.41, 5.74) is 5.62. The van der Waals surface area contributed by atoms with Gasteiger partial charge >= 0.3 is 5.97 Å². The molecule has 0 aromatic rings. The maximum Gasteiger partial charge on any atom is 0.322 e. The van der Waals surface area contributed by atoms with Crippen molar-refractivity contribution >= 4 is 5.97 Å². The number of carbonyl (C=O) groups is 1. The third-order valence-electron chi connectivity index (χ3n) is 2.17. The number of carbonyl (C=O) groups excluding carboxylic acids is 1. The van der Waals surface area contributed by atoms with Crippen LogP contribution in [0.4, 0.5) is 0 Å². The molecular formula is C9H17NO4. The summed E-state index contributed by atoms with van der Waals surface area (Å²) in [5, 5.41) is 0. The van der Waals surface area contributed by atoms with Gasteiger partial charge in [0.25, 0.3) is 0 Å². The average Bonchev–Trinajstić information content (AvgIpc) is 2.45. The highest BCUT2D eigenvalue weighted by Crippen LogP contribution is 2.10. The molecule has 1 heterocycles. The van der Waals surface area contributed by atoms with Gasteiger partial charge in [-0.3, -0.25) is 4.79 Å². The second-order valence-electron chi connectivity index (χ2n) is 3.38. The Hall–Kier alpha value is -0.650. The molecular weight excluding hydrogens is 186 g/mol. The fourth-order valence-electron chi connectivity index (χ4n) is 1.41. The normalized spacial score (nSPS) is 21.3. The number of methoxy groups -OCH3 is 1. The molecule has 0 spiro atoms. The molecule has 1 aliphatic rings. The van der Waals surface area contributed by atoms with E-state index >= 15 is 0 Å². The van der Waals surface area contributed by atoms with Crippen molar-refractivity contribution in [1.29, 1.82) is 0 Å². The lowest BCUT2D eigenvalue weighted by Gasteiger charge is -2.16. The molecule has 1 aliphatic heterocycles. The lowest BCUT2D eigenvalue weighted by Crippen LogP contribution is -2.35. The molecule has 0 aliphatic carbocycles. The Balaban J connectivity index is 2.30. The van der Waals surface area contributed by atoms with Gasteiger partial charge in [0.05, 0.1) is 33.5 Å². The summed E-state index contributed by atoms with van der Waals surface area (Å²) in [6, 6.07) is -0.574. The molecule has 0 amide bonds. The van der Waals surface area contributed by atoms with Gasteiger partial charge in [-0.25, -0.2) is 0 Å². The van der Waals surface area contributed by atoms with Crippen LogP contribution in [-0.2, 0) is 19.0 Å². The van der Waals surface area contributed by atoms with E-state index in [4.69, 9.17) is 15.2 Å². The molecule has 0 bridgehead atoms. The van der Waals surface area contributed by atoms with Crippen LogP contribution in [0, 0.1) is 5.92 Å². The molecule has 1 atom stereocenters. The van der Waals surface area contributed by atoms with Crippen LogP contribution in [0.15, 0.2) is 0 Å². The van der Waals surface area contributed by atoms with Gasteiger partial charge in [0.1, 0.15) is 6.04 Å². The maximum absolute atomic E-state index is 11.0. The van der Waals surface area contributed by atoms with Crippen molar-refractivity contribution in [2.45, 2.75) is 12.5 Å². The van der Waals surface area contributed by atoms with E-state index in [-0.39, 0.29) is 11.9 Å². The SMILES string of the molecule is COC(=O)C(N)CC1COCCOC1. The van der Waals surface area contributed by atoms with Gasteiger partial charge in [-0.2, -0.15) is 0 Å². The topological polar surface area (TPSA) is 70.8 Å². The molecule has 1 saturated heterocycles. The Bertz CT molecular complexity index is 178. The van der Waals surface area contributed by atoms with Crippen LogP contribution in [-0.4, -0.2) is 45.5 Å². The zero-order chi connectivity index (χ0) is 10.4. The molecule has 5 heteroatoms. The molecule has 1 rings (SSSR count). The summed E-state index contributed by atoms with van der Waals surface area (Å²) in [5.74, 6) is -0.194. The Labute approximate surface area is 83.5 Å². The van der Waals surface area contributed by atoms with Crippen molar-refractivity contribution < 1.29 is 19.0 Å². The monoisotopic (exact) mass is 203 g/mol. The Morgan fingerprint density at radius 2 is 2.07 bits per heavy atom. The van der Waals surface area contributed by atoms with Crippen LogP contribution >= 0.6 is 0 Å². The minimum atomic E-state index is -0.574. The fraction of sp³-hybridized carbons (Fsp3) is 0.889. The zero-order valence-electron chi connectivity index (χ0n) is 8.40. The summed E-state index contributed by atoms with van der Waals surface area (Å²) in [4.78, 5) is 11.0. The highest BCUT2D eigenvalue weighted by molar-refractivity contribution is 5.75. The molecule has 14 heavy (non-hydrogen) atoms. The van der Waals surface area contributed by atoms with Crippen LogP contribution in [0.1, 0.15) is 6.42 Å². The van der Waals surface area contributed by atoms with Gasteiger partial charge in [-0.15, -0.1) is 0 Å². The first-order valence-corrected chi connectivity index (χ1v) is 4.73. The predicted octanol–water partition coefficient (Wildman–Crippen LogP) is -0.460. The van der Waals surface area contributed by atoms with E-state index in [1.54, 1.807) is 0 Å². The van der Waals surface area contributed by atoms with Crippen LogP contribution in [0.5, 0.6) is 0 Å². The van der Waals surface area contributed by atoms with Crippen molar-refractivity contribution in [3.8, 4) is 0 Å². The van der Waals surface area contributed by atoms with Gasteiger partial charge in [-0.1, -0.05) is 0 Å². The second-order valence-corrected chi connectivity index (χ2v) is 3.38. The number of ether oxygens (including phenoxy) is 3. The smallest absolute Gasteiger partial charge is 0.322 e. The number of hydrogen-bond acceptors (Lipinski definition) is 5. The van der Waals surface area contributed by atoms with Crippen molar-refractivity contribution in [2.24, 2.45) is 11.7 Å². The number of nitrogens with two attached hydrogens (primary N) is 1. The number of esters is 1. The fourth-order valence-corrected chi connectivity index (χ4v) is 1.41. The molecule has 0 saturated carbocycles. The molecule has 82 valence electrons. The first-order valence-electron chi connectivity index (χ1n) is 4.73. The van der Waals surface area contributed by atoms with Gasteiger partial charge in [0.2, 0.25) is 0 Å².